The molecule has 0 amide bonds. The third-order valence-electron chi connectivity index (χ3n) is 3.80. The molecule has 0 saturated heterocycles. The highest BCUT2D eigenvalue weighted by Gasteiger charge is 2.09. The summed E-state index contributed by atoms with van der Waals surface area (Å²) in [5.74, 6) is 0. The number of aromatic nitrogens is 2. The molecule has 0 aromatic carbocycles. The van der Waals surface area contributed by atoms with Gasteiger partial charge in [-0.25, -0.2) is 0 Å². The van der Waals surface area contributed by atoms with Crippen LogP contribution in [0.5, 0.6) is 0 Å². The predicted molar refractivity (Wildman–Crippen MR) is 79.1 cm³/mol. The smallest absolute Gasteiger partial charge is 0.0296 e. The molecule has 2 heterocycles. The summed E-state index contributed by atoms with van der Waals surface area (Å²) in [6.45, 7) is 10.7. The van der Waals surface area contributed by atoms with E-state index >= 15 is 0 Å². The van der Waals surface area contributed by atoms with Gasteiger partial charge in [-0.1, -0.05) is 0 Å². The van der Waals surface area contributed by atoms with Crippen LogP contribution >= 0.6 is 0 Å². The number of aryl methyl sites for hydroxylation is 1. The maximum absolute atomic E-state index is 4.06. The molecule has 0 saturated carbocycles. The number of nitrogens with zero attached hydrogens (tertiary/aromatic N) is 2. The fourth-order valence-electron chi connectivity index (χ4n) is 2.57. The van der Waals surface area contributed by atoms with E-state index in [4.69, 9.17) is 0 Å². The monoisotopic (exact) mass is 257 g/mol. The van der Waals surface area contributed by atoms with Crippen LogP contribution < -0.4 is 5.32 Å². The van der Waals surface area contributed by atoms with Crippen molar-refractivity contribution in [2.75, 3.05) is 0 Å². The molecule has 0 aliphatic heterocycles. The van der Waals surface area contributed by atoms with Crippen LogP contribution in [0.2, 0.25) is 0 Å². The van der Waals surface area contributed by atoms with Crippen molar-refractivity contribution in [1.82, 2.24) is 14.9 Å². The quantitative estimate of drug-likeness (QED) is 0.890. The normalized spacial score (nSPS) is 12.6. The molecule has 0 spiro atoms. The first kappa shape index (κ1) is 13.8. The van der Waals surface area contributed by atoms with E-state index in [9.17, 15) is 0 Å². The lowest BCUT2D eigenvalue weighted by Gasteiger charge is -2.14. The highest BCUT2D eigenvalue weighted by Crippen LogP contribution is 2.17. The van der Waals surface area contributed by atoms with Crippen LogP contribution in [-0.4, -0.2) is 9.55 Å². The van der Waals surface area contributed by atoms with Crippen molar-refractivity contribution in [2.45, 2.75) is 46.8 Å². The summed E-state index contributed by atoms with van der Waals surface area (Å²) in [4.78, 5) is 4.06. The molecule has 2 aromatic rings. The van der Waals surface area contributed by atoms with Crippen molar-refractivity contribution >= 4 is 0 Å². The van der Waals surface area contributed by atoms with Crippen molar-refractivity contribution in [3.05, 3.63) is 53.1 Å². The molecule has 19 heavy (non-hydrogen) atoms. The van der Waals surface area contributed by atoms with Crippen LogP contribution in [0.3, 0.4) is 0 Å². The lowest BCUT2D eigenvalue weighted by molar-refractivity contribution is 0.571. The minimum Gasteiger partial charge on any atom is -0.349 e. The summed E-state index contributed by atoms with van der Waals surface area (Å²) in [6, 6.07) is 6.75. The Bertz CT molecular complexity index is 528. The van der Waals surface area contributed by atoms with Crippen molar-refractivity contribution < 1.29 is 0 Å². The van der Waals surface area contributed by atoms with Gasteiger partial charge in [0.15, 0.2) is 0 Å². The van der Waals surface area contributed by atoms with Crippen LogP contribution in [0.1, 0.15) is 42.4 Å². The highest BCUT2D eigenvalue weighted by atomic mass is 15.0. The summed E-state index contributed by atoms with van der Waals surface area (Å²) >= 11 is 0. The van der Waals surface area contributed by atoms with Gasteiger partial charge in [-0.05, 0) is 57.0 Å². The summed E-state index contributed by atoms with van der Waals surface area (Å²) in [5, 5.41) is 3.58. The number of hydrogen-bond acceptors (Lipinski definition) is 2. The number of pyridine rings is 1. The Hall–Kier alpha value is -1.61. The zero-order chi connectivity index (χ0) is 13.8. The zero-order valence-corrected chi connectivity index (χ0v) is 12.3. The molecule has 2 aromatic heterocycles. The van der Waals surface area contributed by atoms with Crippen molar-refractivity contribution in [1.29, 1.82) is 0 Å². The van der Waals surface area contributed by atoms with Crippen LogP contribution in [-0.2, 0) is 13.1 Å². The maximum atomic E-state index is 4.06. The lowest BCUT2D eigenvalue weighted by atomic mass is 10.1. The van der Waals surface area contributed by atoms with Gasteiger partial charge < -0.3 is 9.88 Å². The average Bonchev–Trinajstić information content (AvgIpc) is 2.71. The average molecular weight is 257 g/mol. The van der Waals surface area contributed by atoms with Gasteiger partial charge in [-0.15, -0.1) is 0 Å². The second-order valence-corrected chi connectivity index (χ2v) is 5.02. The first-order chi connectivity index (χ1) is 9.13. The maximum Gasteiger partial charge on any atom is 0.0296 e. The topological polar surface area (TPSA) is 29.9 Å². The third kappa shape index (κ3) is 3.04. The van der Waals surface area contributed by atoms with E-state index in [1.165, 1.54) is 22.5 Å². The first-order valence-corrected chi connectivity index (χ1v) is 6.92. The predicted octanol–water partition coefficient (Wildman–Crippen LogP) is 3.37. The van der Waals surface area contributed by atoms with Crippen LogP contribution in [0.15, 0.2) is 30.6 Å². The third-order valence-corrected chi connectivity index (χ3v) is 3.80. The van der Waals surface area contributed by atoms with E-state index in [2.05, 4.69) is 60.8 Å². The molecule has 1 unspecified atom stereocenters. The van der Waals surface area contributed by atoms with Gasteiger partial charge >= 0.3 is 0 Å². The van der Waals surface area contributed by atoms with Gasteiger partial charge in [0.25, 0.3) is 0 Å². The van der Waals surface area contributed by atoms with Crippen molar-refractivity contribution in [3.8, 4) is 0 Å². The highest BCUT2D eigenvalue weighted by molar-refractivity contribution is 5.27. The van der Waals surface area contributed by atoms with E-state index in [1.54, 1.807) is 0 Å². The van der Waals surface area contributed by atoms with Gasteiger partial charge in [-0.3, -0.25) is 4.98 Å². The number of hydrogen-bond donors (Lipinski definition) is 1. The minimum absolute atomic E-state index is 0.340. The van der Waals surface area contributed by atoms with Crippen LogP contribution in [0, 0.1) is 13.8 Å². The van der Waals surface area contributed by atoms with Gasteiger partial charge in [0.1, 0.15) is 0 Å². The lowest BCUT2D eigenvalue weighted by Crippen LogP contribution is -2.18. The molecular formula is C16H23N3. The van der Waals surface area contributed by atoms with Gasteiger partial charge in [-0.2, -0.15) is 0 Å². The molecule has 3 nitrogen and oxygen atoms in total. The minimum atomic E-state index is 0.340. The van der Waals surface area contributed by atoms with Crippen molar-refractivity contribution in [2.24, 2.45) is 0 Å². The SMILES string of the molecule is CCn1c(C)cc(CNC(C)c2ccncc2)c1C. The molecule has 0 fully saturated rings. The molecule has 0 aliphatic carbocycles. The summed E-state index contributed by atoms with van der Waals surface area (Å²) in [7, 11) is 0. The Morgan fingerprint density at radius 2 is 1.95 bits per heavy atom. The second kappa shape index (κ2) is 6.02. The summed E-state index contributed by atoms with van der Waals surface area (Å²) in [5.41, 5.74) is 5.38. The number of rotatable bonds is 5. The molecule has 0 aliphatic rings. The summed E-state index contributed by atoms with van der Waals surface area (Å²) < 4.78 is 2.36. The Kier molecular flexibility index (Phi) is 4.38. The van der Waals surface area contributed by atoms with E-state index in [1.807, 2.05) is 12.4 Å². The van der Waals surface area contributed by atoms with Gasteiger partial charge in [0, 0.05) is 42.9 Å². The second-order valence-electron chi connectivity index (χ2n) is 5.02. The first-order valence-electron chi connectivity index (χ1n) is 6.92. The largest absolute Gasteiger partial charge is 0.349 e. The molecule has 0 bridgehead atoms. The molecule has 0 radical (unpaired) electrons. The van der Waals surface area contributed by atoms with Gasteiger partial charge in [0.05, 0.1) is 0 Å². The fraction of sp³-hybridized carbons (Fsp3) is 0.438. The van der Waals surface area contributed by atoms with Crippen LogP contribution in [0.4, 0.5) is 0 Å². The number of nitrogens with one attached hydrogen (secondary N) is 1. The Morgan fingerprint density at radius 1 is 1.26 bits per heavy atom. The molecule has 102 valence electrons. The van der Waals surface area contributed by atoms with E-state index in [0.29, 0.717) is 6.04 Å². The molecule has 1 atom stereocenters. The Labute approximate surface area is 115 Å². The molecule has 2 rings (SSSR count). The fourth-order valence-corrected chi connectivity index (χ4v) is 2.57. The molecular weight excluding hydrogens is 234 g/mol. The standard InChI is InChI=1S/C16H23N3/c1-5-19-12(2)10-16(14(19)4)11-18-13(3)15-6-8-17-9-7-15/h6-10,13,18H,5,11H2,1-4H3. The molecule has 3 heteroatoms. The Balaban J connectivity index is 2.03. The summed E-state index contributed by atoms with van der Waals surface area (Å²) in [6.07, 6.45) is 3.69. The van der Waals surface area contributed by atoms with E-state index in [0.717, 1.165) is 13.1 Å². The van der Waals surface area contributed by atoms with Gasteiger partial charge in [0.2, 0.25) is 0 Å². The molecule has 1 N–H and O–H groups in total. The van der Waals surface area contributed by atoms with Crippen LogP contribution in [0.25, 0.3) is 0 Å². The van der Waals surface area contributed by atoms with Crippen molar-refractivity contribution in [3.63, 3.8) is 0 Å². The zero-order valence-electron chi connectivity index (χ0n) is 12.3. The van der Waals surface area contributed by atoms with E-state index in [-0.39, 0.29) is 0 Å². The Morgan fingerprint density at radius 3 is 2.53 bits per heavy atom. The van der Waals surface area contributed by atoms with E-state index < -0.39 is 0 Å².